The number of aryl methyl sites for hydroxylation is 1. The van der Waals surface area contributed by atoms with Crippen LogP contribution < -0.4 is 0 Å². The molecular weight excluding hydrogens is 261 g/mol. The molecule has 3 heteroatoms. The molecule has 0 unspecified atom stereocenters. The van der Waals surface area contributed by atoms with Crippen molar-refractivity contribution in [2.24, 2.45) is 0 Å². The van der Waals surface area contributed by atoms with Gasteiger partial charge in [0.15, 0.2) is 0 Å². The van der Waals surface area contributed by atoms with Crippen molar-refractivity contribution in [3.05, 3.63) is 64.9 Å². The third-order valence-electron chi connectivity index (χ3n) is 3.09. The molecule has 3 rings (SSSR count). The highest BCUT2D eigenvalue weighted by Crippen LogP contribution is 2.30. The summed E-state index contributed by atoms with van der Waals surface area (Å²) >= 11 is 6.31. The molecule has 0 amide bonds. The number of hydrogen-bond acceptors (Lipinski definition) is 1. The fourth-order valence-corrected chi connectivity index (χ4v) is 2.58. The second-order valence-electron chi connectivity index (χ2n) is 4.47. The van der Waals surface area contributed by atoms with Crippen molar-refractivity contribution >= 4 is 22.5 Å². The van der Waals surface area contributed by atoms with Crippen LogP contribution in [0.25, 0.3) is 22.2 Å². The average Bonchev–Trinajstić information content (AvgIpc) is 2.38. The molecule has 0 N–H and O–H groups in total. The summed E-state index contributed by atoms with van der Waals surface area (Å²) < 4.78 is 13.5. The molecule has 19 heavy (non-hydrogen) atoms. The molecule has 0 saturated heterocycles. The Balaban J connectivity index is 2.31. The van der Waals surface area contributed by atoms with Gasteiger partial charge >= 0.3 is 0 Å². The summed E-state index contributed by atoms with van der Waals surface area (Å²) in [5, 5.41) is 1.41. The van der Waals surface area contributed by atoms with E-state index in [4.69, 9.17) is 11.6 Å². The smallest absolute Gasteiger partial charge is 0.125 e. The van der Waals surface area contributed by atoms with Crippen molar-refractivity contribution in [3.63, 3.8) is 0 Å². The molecule has 94 valence electrons. The largest absolute Gasteiger partial charge is 0.248 e. The molecule has 0 aliphatic carbocycles. The zero-order chi connectivity index (χ0) is 13.4. The van der Waals surface area contributed by atoms with Crippen molar-refractivity contribution in [1.82, 2.24) is 4.98 Å². The van der Waals surface area contributed by atoms with Crippen LogP contribution in [0.5, 0.6) is 0 Å². The first-order valence-corrected chi connectivity index (χ1v) is 6.35. The van der Waals surface area contributed by atoms with Gasteiger partial charge in [-0.25, -0.2) is 9.37 Å². The van der Waals surface area contributed by atoms with Gasteiger partial charge in [0.2, 0.25) is 0 Å². The first-order chi connectivity index (χ1) is 9.15. The van der Waals surface area contributed by atoms with Gasteiger partial charge in [-0.1, -0.05) is 41.9 Å². The minimum atomic E-state index is -0.293. The van der Waals surface area contributed by atoms with Gasteiger partial charge in [-0.2, -0.15) is 0 Å². The topological polar surface area (TPSA) is 12.9 Å². The molecule has 1 nitrogen and oxygen atoms in total. The molecule has 2 aromatic carbocycles. The quantitative estimate of drug-likeness (QED) is 0.607. The molecule has 0 aliphatic heterocycles. The Bertz CT molecular complexity index is 754. The second kappa shape index (κ2) is 4.63. The molecule has 1 heterocycles. The normalized spacial score (nSPS) is 10.9. The van der Waals surface area contributed by atoms with E-state index >= 15 is 0 Å². The Labute approximate surface area is 115 Å². The lowest BCUT2D eigenvalue weighted by molar-refractivity contribution is 0.628. The second-order valence-corrected chi connectivity index (χ2v) is 4.88. The summed E-state index contributed by atoms with van der Waals surface area (Å²) in [6.07, 6.45) is 0. The van der Waals surface area contributed by atoms with E-state index in [9.17, 15) is 4.39 Å². The molecule has 0 radical (unpaired) electrons. The molecule has 3 aromatic rings. The Morgan fingerprint density at radius 2 is 1.79 bits per heavy atom. The Morgan fingerprint density at radius 1 is 1.05 bits per heavy atom. The van der Waals surface area contributed by atoms with Crippen molar-refractivity contribution in [3.8, 4) is 11.3 Å². The van der Waals surface area contributed by atoms with Gasteiger partial charge < -0.3 is 0 Å². The van der Waals surface area contributed by atoms with E-state index < -0.39 is 0 Å². The van der Waals surface area contributed by atoms with E-state index in [1.165, 1.54) is 12.1 Å². The van der Waals surface area contributed by atoms with Gasteiger partial charge in [-0.05, 0) is 24.6 Å². The Hall–Kier alpha value is -1.93. The Kier molecular flexibility index (Phi) is 2.96. The minimum Gasteiger partial charge on any atom is -0.248 e. The highest BCUT2D eigenvalue weighted by Gasteiger charge is 2.09. The lowest BCUT2D eigenvalue weighted by atomic mass is 10.1. The summed E-state index contributed by atoms with van der Waals surface area (Å²) in [6, 6.07) is 14.4. The van der Waals surface area contributed by atoms with Crippen molar-refractivity contribution in [1.29, 1.82) is 0 Å². The van der Waals surface area contributed by atoms with Crippen LogP contribution in [0, 0.1) is 12.7 Å². The zero-order valence-corrected chi connectivity index (χ0v) is 11.1. The van der Waals surface area contributed by atoms with Crippen LogP contribution in [0.3, 0.4) is 0 Å². The number of hydrogen-bond donors (Lipinski definition) is 0. The fourth-order valence-electron chi connectivity index (χ4n) is 2.24. The molecule has 0 atom stereocenters. The van der Waals surface area contributed by atoms with E-state index in [0.717, 1.165) is 22.2 Å². The van der Waals surface area contributed by atoms with Crippen LogP contribution in [0.2, 0.25) is 5.02 Å². The first kappa shape index (κ1) is 12.1. The van der Waals surface area contributed by atoms with Crippen LogP contribution in [0.4, 0.5) is 4.39 Å². The average molecular weight is 272 g/mol. The number of aromatic nitrogens is 1. The molecule has 0 aliphatic rings. The van der Waals surface area contributed by atoms with E-state index in [1.54, 1.807) is 0 Å². The predicted octanol–water partition coefficient (Wildman–Crippen LogP) is 5.00. The minimum absolute atomic E-state index is 0.293. The summed E-state index contributed by atoms with van der Waals surface area (Å²) in [4.78, 5) is 4.50. The molecule has 0 bridgehead atoms. The summed E-state index contributed by atoms with van der Waals surface area (Å²) in [6.45, 7) is 1.83. The van der Waals surface area contributed by atoms with E-state index in [0.29, 0.717) is 10.5 Å². The van der Waals surface area contributed by atoms with Crippen molar-refractivity contribution < 1.29 is 4.39 Å². The summed E-state index contributed by atoms with van der Waals surface area (Å²) in [7, 11) is 0. The van der Waals surface area contributed by atoms with E-state index in [2.05, 4.69) is 4.98 Å². The van der Waals surface area contributed by atoms with Crippen LogP contribution in [0.1, 0.15) is 5.56 Å². The summed E-state index contributed by atoms with van der Waals surface area (Å²) in [5.74, 6) is -0.293. The summed E-state index contributed by atoms with van der Waals surface area (Å²) in [5.41, 5.74) is 3.10. The number of nitrogens with zero attached hydrogens (tertiary/aromatic N) is 1. The maximum atomic E-state index is 13.5. The highest BCUT2D eigenvalue weighted by atomic mass is 35.5. The molecule has 0 spiro atoms. The maximum Gasteiger partial charge on any atom is 0.125 e. The number of fused-ring (bicyclic) bond motifs is 1. The fraction of sp³-hybridized carbons (Fsp3) is 0.0625. The third kappa shape index (κ3) is 2.20. The van der Waals surface area contributed by atoms with E-state index in [-0.39, 0.29) is 5.82 Å². The molecule has 1 aromatic heterocycles. The van der Waals surface area contributed by atoms with Crippen molar-refractivity contribution in [2.75, 3.05) is 0 Å². The van der Waals surface area contributed by atoms with Crippen LogP contribution in [-0.2, 0) is 0 Å². The molecule has 0 fully saturated rings. The Morgan fingerprint density at radius 3 is 2.53 bits per heavy atom. The molecule has 0 saturated carbocycles. The lowest BCUT2D eigenvalue weighted by Gasteiger charge is -2.08. The van der Waals surface area contributed by atoms with Crippen LogP contribution >= 0.6 is 11.6 Å². The van der Waals surface area contributed by atoms with Gasteiger partial charge in [0.05, 0.1) is 16.2 Å². The number of benzene rings is 2. The SMILES string of the molecule is Cc1cc(F)cc2nc(-c3ccccc3)cc(Cl)c12. The maximum absolute atomic E-state index is 13.5. The van der Waals surface area contributed by atoms with Gasteiger partial charge in [0.25, 0.3) is 0 Å². The van der Waals surface area contributed by atoms with Gasteiger partial charge in [-0.15, -0.1) is 0 Å². The van der Waals surface area contributed by atoms with E-state index in [1.807, 2.05) is 43.3 Å². The van der Waals surface area contributed by atoms with Gasteiger partial charge in [-0.3, -0.25) is 0 Å². The van der Waals surface area contributed by atoms with Gasteiger partial charge in [0.1, 0.15) is 5.82 Å². The number of pyridine rings is 1. The number of halogens is 2. The van der Waals surface area contributed by atoms with Gasteiger partial charge in [0, 0.05) is 17.0 Å². The highest BCUT2D eigenvalue weighted by molar-refractivity contribution is 6.35. The standard InChI is InChI=1S/C16H11ClFN/c1-10-7-12(18)8-15-16(10)13(17)9-14(19-15)11-5-3-2-4-6-11/h2-9H,1H3. The van der Waals surface area contributed by atoms with Crippen molar-refractivity contribution in [2.45, 2.75) is 6.92 Å². The predicted molar refractivity (Wildman–Crippen MR) is 76.9 cm³/mol. The zero-order valence-electron chi connectivity index (χ0n) is 10.3. The monoisotopic (exact) mass is 271 g/mol. The molecular formula is C16H11ClFN. The van der Waals surface area contributed by atoms with Crippen LogP contribution in [-0.4, -0.2) is 4.98 Å². The first-order valence-electron chi connectivity index (χ1n) is 5.97. The lowest BCUT2D eigenvalue weighted by Crippen LogP contribution is -1.90. The van der Waals surface area contributed by atoms with Crippen LogP contribution in [0.15, 0.2) is 48.5 Å². The third-order valence-corrected chi connectivity index (χ3v) is 3.39. The number of rotatable bonds is 1.